The van der Waals surface area contributed by atoms with Gasteiger partial charge in [-0.05, 0) is 25.5 Å². The van der Waals surface area contributed by atoms with Gasteiger partial charge in [-0.2, -0.15) is 11.8 Å². The highest BCUT2D eigenvalue weighted by Gasteiger charge is 2.23. The zero-order chi connectivity index (χ0) is 18.1. The molecular formula is C16H29IN4O2S3. The van der Waals surface area contributed by atoms with Crippen LogP contribution in [0.4, 0.5) is 0 Å². The van der Waals surface area contributed by atoms with E-state index in [1.54, 1.807) is 15.6 Å². The lowest BCUT2D eigenvalue weighted by Gasteiger charge is -2.25. The van der Waals surface area contributed by atoms with Crippen molar-refractivity contribution in [3.63, 3.8) is 0 Å². The Labute approximate surface area is 182 Å². The van der Waals surface area contributed by atoms with Gasteiger partial charge in [0.1, 0.15) is 0 Å². The molecule has 26 heavy (non-hydrogen) atoms. The fraction of sp³-hybridized carbons (Fsp3) is 0.688. The highest BCUT2D eigenvalue weighted by atomic mass is 127. The van der Waals surface area contributed by atoms with Gasteiger partial charge in [-0.15, -0.1) is 35.3 Å². The first-order chi connectivity index (χ1) is 12.0. The lowest BCUT2D eigenvalue weighted by molar-refractivity contribution is 0.443. The molecule has 0 spiro atoms. The van der Waals surface area contributed by atoms with Crippen LogP contribution in [0.1, 0.15) is 23.6 Å². The molecule has 2 rings (SSSR count). The first kappa shape index (κ1) is 24.0. The van der Waals surface area contributed by atoms with Gasteiger partial charge in [0.05, 0.1) is 12.3 Å². The summed E-state index contributed by atoms with van der Waals surface area (Å²) in [6, 6.07) is 4.24. The molecule has 0 amide bonds. The summed E-state index contributed by atoms with van der Waals surface area (Å²) in [5.74, 6) is 2.54. The minimum atomic E-state index is -3.18. The number of nitrogens with zero attached hydrogens (tertiary/aromatic N) is 2. The molecule has 1 aliphatic heterocycles. The average molecular weight is 533 g/mol. The molecule has 1 aromatic heterocycles. The van der Waals surface area contributed by atoms with Gasteiger partial charge in [0.25, 0.3) is 0 Å². The molecule has 1 fully saturated rings. The zero-order valence-electron chi connectivity index (χ0n) is 15.4. The molecule has 150 valence electrons. The van der Waals surface area contributed by atoms with Gasteiger partial charge >= 0.3 is 0 Å². The Hall–Kier alpha value is -0.0400. The summed E-state index contributed by atoms with van der Waals surface area (Å²) in [5, 5.41) is 6.31. The predicted molar refractivity (Wildman–Crippen MR) is 125 cm³/mol. The third-order valence-corrected chi connectivity index (χ3v) is 7.85. The molecule has 1 aliphatic rings. The summed E-state index contributed by atoms with van der Waals surface area (Å²) in [7, 11) is -3.18. The number of thiophene rings is 1. The Balaban J connectivity index is 0.00000338. The van der Waals surface area contributed by atoms with E-state index >= 15 is 0 Å². The van der Waals surface area contributed by atoms with Crippen molar-refractivity contribution in [3.05, 3.63) is 21.9 Å². The van der Waals surface area contributed by atoms with E-state index in [0.29, 0.717) is 32.1 Å². The first-order valence-corrected chi connectivity index (χ1v) is 12.3. The number of aryl methyl sites for hydroxylation is 1. The minimum absolute atomic E-state index is 0. The van der Waals surface area contributed by atoms with E-state index in [2.05, 4.69) is 34.7 Å². The van der Waals surface area contributed by atoms with Gasteiger partial charge < -0.3 is 10.6 Å². The van der Waals surface area contributed by atoms with Crippen molar-refractivity contribution in [2.75, 3.05) is 43.4 Å². The van der Waals surface area contributed by atoms with Crippen molar-refractivity contribution in [2.24, 2.45) is 4.99 Å². The van der Waals surface area contributed by atoms with Crippen LogP contribution >= 0.6 is 47.1 Å². The van der Waals surface area contributed by atoms with Gasteiger partial charge in [0.15, 0.2) is 5.96 Å². The van der Waals surface area contributed by atoms with Crippen LogP contribution in [0.3, 0.4) is 0 Å². The van der Waals surface area contributed by atoms with Gasteiger partial charge in [-0.1, -0.05) is 6.92 Å². The van der Waals surface area contributed by atoms with Crippen LogP contribution in [-0.2, 0) is 23.0 Å². The third kappa shape index (κ3) is 7.91. The number of sulfonamides is 1. The molecule has 0 bridgehead atoms. The van der Waals surface area contributed by atoms with Crippen LogP contribution < -0.4 is 10.6 Å². The number of rotatable bonds is 8. The Morgan fingerprint density at radius 2 is 1.88 bits per heavy atom. The predicted octanol–water partition coefficient (Wildman–Crippen LogP) is 2.36. The first-order valence-electron chi connectivity index (χ1n) is 8.70. The maximum atomic E-state index is 12.4. The Bertz CT molecular complexity index is 658. The van der Waals surface area contributed by atoms with Crippen molar-refractivity contribution in [2.45, 2.75) is 26.8 Å². The third-order valence-electron chi connectivity index (χ3n) is 3.82. The van der Waals surface area contributed by atoms with Crippen LogP contribution in [0, 0.1) is 0 Å². The normalized spacial score (nSPS) is 16.2. The Kier molecular flexibility index (Phi) is 11.5. The van der Waals surface area contributed by atoms with E-state index < -0.39 is 10.0 Å². The molecule has 2 N–H and O–H groups in total. The average Bonchev–Trinajstić information content (AvgIpc) is 3.08. The maximum Gasteiger partial charge on any atom is 0.215 e. The maximum absolute atomic E-state index is 12.4. The number of hydrogen-bond acceptors (Lipinski definition) is 5. The second-order valence-corrected chi connectivity index (χ2v) is 10.2. The second-order valence-electron chi connectivity index (χ2n) is 5.67. The van der Waals surface area contributed by atoms with E-state index in [1.165, 1.54) is 9.75 Å². The molecule has 6 nitrogen and oxygen atoms in total. The number of guanidine groups is 1. The SMILES string of the molecule is CCNC(=NCc1ccc(CC)s1)NCCS(=O)(=O)N1CCSCC1.I. The molecule has 1 aromatic rings. The highest BCUT2D eigenvalue weighted by molar-refractivity contribution is 14.0. The second kappa shape index (κ2) is 12.4. The molecular weight excluding hydrogens is 503 g/mol. The number of nitrogens with one attached hydrogen (secondary N) is 2. The van der Waals surface area contributed by atoms with E-state index in [9.17, 15) is 8.42 Å². The van der Waals surface area contributed by atoms with Crippen LogP contribution in [0.2, 0.25) is 0 Å². The van der Waals surface area contributed by atoms with Gasteiger partial charge in [0, 0.05) is 47.4 Å². The number of thioether (sulfide) groups is 1. The molecule has 0 unspecified atom stereocenters. The van der Waals surface area contributed by atoms with Crippen molar-refractivity contribution < 1.29 is 8.42 Å². The molecule has 1 saturated heterocycles. The fourth-order valence-corrected chi connectivity index (χ4v) is 5.82. The summed E-state index contributed by atoms with van der Waals surface area (Å²) in [5.41, 5.74) is 0. The summed E-state index contributed by atoms with van der Waals surface area (Å²) in [6.07, 6.45) is 1.04. The topological polar surface area (TPSA) is 73.8 Å². The zero-order valence-corrected chi connectivity index (χ0v) is 20.1. The summed E-state index contributed by atoms with van der Waals surface area (Å²) < 4.78 is 26.3. The van der Waals surface area contributed by atoms with E-state index in [1.807, 2.05) is 18.7 Å². The number of aliphatic imine (C=N–C) groups is 1. The van der Waals surface area contributed by atoms with Gasteiger partial charge in [-0.3, -0.25) is 0 Å². The Morgan fingerprint density at radius 3 is 2.50 bits per heavy atom. The molecule has 0 atom stereocenters. The monoisotopic (exact) mass is 532 g/mol. The van der Waals surface area contributed by atoms with Crippen LogP contribution in [0.5, 0.6) is 0 Å². The molecule has 0 saturated carbocycles. The smallest absolute Gasteiger partial charge is 0.215 e. The van der Waals surface area contributed by atoms with Crippen LogP contribution in [0.25, 0.3) is 0 Å². The lowest BCUT2D eigenvalue weighted by atomic mass is 10.4. The van der Waals surface area contributed by atoms with Crippen molar-refractivity contribution in [1.82, 2.24) is 14.9 Å². The quantitative estimate of drug-likeness (QED) is 0.306. The molecule has 10 heteroatoms. The molecule has 2 heterocycles. The van der Waals surface area contributed by atoms with Crippen LogP contribution in [0.15, 0.2) is 17.1 Å². The van der Waals surface area contributed by atoms with Crippen molar-refractivity contribution >= 4 is 63.1 Å². The number of halogens is 1. The van der Waals surface area contributed by atoms with Crippen LogP contribution in [-0.4, -0.2) is 62.1 Å². The standard InChI is InChI=1S/C16H28N4O2S3.HI/c1-3-14-5-6-15(24-14)13-19-16(17-4-2)18-7-12-25(21,22)20-8-10-23-11-9-20;/h5-6H,3-4,7-13H2,1-2H3,(H2,17,18,19);1H. The lowest BCUT2D eigenvalue weighted by Crippen LogP contribution is -2.44. The van der Waals surface area contributed by atoms with Gasteiger partial charge in [0.2, 0.25) is 10.0 Å². The molecule has 0 aliphatic carbocycles. The van der Waals surface area contributed by atoms with Gasteiger partial charge in [-0.25, -0.2) is 17.7 Å². The fourth-order valence-electron chi connectivity index (χ4n) is 2.45. The van der Waals surface area contributed by atoms with E-state index in [0.717, 1.165) is 24.5 Å². The van der Waals surface area contributed by atoms with Crippen molar-refractivity contribution in [3.8, 4) is 0 Å². The molecule has 0 aromatic carbocycles. The summed E-state index contributed by atoms with van der Waals surface area (Å²) >= 11 is 3.58. The van der Waals surface area contributed by atoms with Crippen molar-refractivity contribution in [1.29, 1.82) is 0 Å². The summed E-state index contributed by atoms with van der Waals surface area (Å²) in [6.45, 7) is 7.11. The number of hydrogen-bond donors (Lipinski definition) is 2. The highest BCUT2D eigenvalue weighted by Crippen LogP contribution is 2.17. The summed E-state index contributed by atoms with van der Waals surface area (Å²) in [4.78, 5) is 7.13. The van der Waals surface area contributed by atoms with E-state index in [-0.39, 0.29) is 29.7 Å². The minimum Gasteiger partial charge on any atom is -0.357 e. The Morgan fingerprint density at radius 1 is 1.19 bits per heavy atom. The molecule has 0 radical (unpaired) electrons. The largest absolute Gasteiger partial charge is 0.357 e. The van der Waals surface area contributed by atoms with E-state index in [4.69, 9.17) is 0 Å².